The molecule has 0 aliphatic heterocycles. The smallest absolute Gasteiger partial charge is 0.0492 e. The Morgan fingerprint density at radius 2 is 2.50 bits per heavy atom. The first-order valence-corrected chi connectivity index (χ1v) is 3.52. The lowest BCUT2D eigenvalue weighted by molar-refractivity contribution is 0.707. The van der Waals surface area contributed by atoms with Gasteiger partial charge in [0.1, 0.15) is 0 Å². The van der Waals surface area contributed by atoms with E-state index in [4.69, 9.17) is 5.73 Å². The summed E-state index contributed by atoms with van der Waals surface area (Å²) in [6.07, 6.45) is 2.94. The van der Waals surface area contributed by atoms with Gasteiger partial charge in [0, 0.05) is 30.9 Å². The zero-order valence-corrected chi connectivity index (χ0v) is 5.99. The molecule has 0 bridgehead atoms. The molecule has 3 heteroatoms. The average Bonchev–Trinajstić information content (AvgIpc) is 2.42. The Bertz CT molecular complexity index is 241. The lowest BCUT2D eigenvalue weighted by Crippen LogP contribution is -2.04. The first-order chi connectivity index (χ1) is 4.79. The van der Waals surface area contributed by atoms with Gasteiger partial charge in [0.25, 0.3) is 0 Å². The van der Waals surface area contributed by atoms with Crippen molar-refractivity contribution in [3.63, 3.8) is 0 Å². The summed E-state index contributed by atoms with van der Waals surface area (Å²) in [5, 5.41) is 4.07. The zero-order valence-electron chi connectivity index (χ0n) is 5.99. The number of hydrogen-bond acceptors (Lipinski definition) is 2. The lowest BCUT2D eigenvalue weighted by atomic mass is 10.3. The molecule has 2 N–H and O–H groups in total. The van der Waals surface area contributed by atoms with Gasteiger partial charge in [0.15, 0.2) is 0 Å². The second kappa shape index (κ2) is 1.83. The maximum absolute atomic E-state index is 5.69. The van der Waals surface area contributed by atoms with Gasteiger partial charge in [0.2, 0.25) is 0 Å². The van der Waals surface area contributed by atoms with Crippen molar-refractivity contribution >= 4 is 0 Å². The van der Waals surface area contributed by atoms with Crippen molar-refractivity contribution in [3.05, 3.63) is 18.0 Å². The Balaban J connectivity index is 2.26. The number of nitrogens with two attached hydrogens (primary N) is 1. The monoisotopic (exact) mass is 137 g/mol. The first-order valence-electron chi connectivity index (χ1n) is 3.52. The van der Waals surface area contributed by atoms with Crippen LogP contribution in [0, 0.1) is 0 Å². The molecule has 0 spiro atoms. The summed E-state index contributed by atoms with van der Waals surface area (Å²) < 4.78 is 1.90. The Labute approximate surface area is 59.8 Å². The highest BCUT2D eigenvalue weighted by atomic mass is 15.3. The Hall–Kier alpha value is -0.830. The van der Waals surface area contributed by atoms with Crippen LogP contribution >= 0.6 is 0 Å². The topological polar surface area (TPSA) is 43.8 Å². The highest BCUT2D eigenvalue weighted by molar-refractivity contribution is 5.19. The molecule has 54 valence electrons. The Morgan fingerprint density at radius 1 is 1.80 bits per heavy atom. The van der Waals surface area contributed by atoms with Gasteiger partial charge in [-0.1, -0.05) is 0 Å². The van der Waals surface area contributed by atoms with Gasteiger partial charge in [0.05, 0.1) is 0 Å². The van der Waals surface area contributed by atoms with Crippen LogP contribution in [0.15, 0.2) is 12.3 Å². The quantitative estimate of drug-likeness (QED) is 0.602. The molecule has 2 rings (SSSR count). The molecule has 0 unspecified atom stereocenters. The molecular weight excluding hydrogens is 126 g/mol. The van der Waals surface area contributed by atoms with Crippen LogP contribution in [0.2, 0.25) is 0 Å². The molecule has 1 aromatic heterocycles. The fraction of sp³-hybridized carbons (Fsp3) is 0.571. The molecule has 3 nitrogen and oxygen atoms in total. The van der Waals surface area contributed by atoms with E-state index in [0.717, 1.165) is 6.42 Å². The van der Waals surface area contributed by atoms with Crippen LogP contribution in [-0.2, 0) is 7.05 Å². The molecule has 0 aromatic carbocycles. The van der Waals surface area contributed by atoms with E-state index in [0.29, 0.717) is 12.0 Å². The maximum Gasteiger partial charge on any atom is 0.0492 e. The first kappa shape index (κ1) is 5.92. The molecule has 0 radical (unpaired) electrons. The molecule has 1 fully saturated rings. The third-order valence-electron chi connectivity index (χ3n) is 2.08. The molecule has 1 heterocycles. The minimum atomic E-state index is 0.385. The summed E-state index contributed by atoms with van der Waals surface area (Å²) in [5.41, 5.74) is 6.96. The van der Waals surface area contributed by atoms with E-state index in [1.807, 2.05) is 24.0 Å². The van der Waals surface area contributed by atoms with E-state index in [9.17, 15) is 0 Å². The second-order valence-corrected chi connectivity index (χ2v) is 2.89. The zero-order chi connectivity index (χ0) is 7.14. The number of nitrogens with zero attached hydrogens (tertiary/aromatic N) is 2. The van der Waals surface area contributed by atoms with Crippen LogP contribution < -0.4 is 5.73 Å². The molecule has 0 saturated heterocycles. The predicted octanol–water partition coefficient (Wildman–Crippen LogP) is 0.235. The number of hydrogen-bond donors (Lipinski definition) is 1. The fourth-order valence-corrected chi connectivity index (χ4v) is 1.30. The molecule has 1 aliphatic carbocycles. The van der Waals surface area contributed by atoms with Gasteiger partial charge < -0.3 is 5.73 Å². The normalized spacial score (nSPS) is 30.6. The van der Waals surface area contributed by atoms with Crippen LogP contribution in [0.1, 0.15) is 18.0 Å². The minimum absolute atomic E-state index is 0.385. The van der Waals surface area contributed by atoms with E-state index in [1.54, 1.807) is 0 Å². The molecule has 1 saturated carbocycles. The van der Waals surface area contributed by atoms with Crippen LogP contribution in [0.4, 0.5) is 0 Å². The predicted molar refractivity (Wildman–Crippen MR) is 38.5 cm³/mol. The summed E-state index contributed by atoms with van der Waals surface area (Å²) in [5.74, 6) is 0.576. The Morgan fingerprint density at radius 3 is 2.90 bits per heavy atom. The summed E-state index contributed by atoms with van der Waals surface area (Å²) in [4.78, 5) is 0. The van der Waals surface area contributed by atoms with Crippen molar-refractivity contribution in [1.82, 2.24) is 9.78 Å². The molecule has 1 aromatic rings. The number of aromatic nitrogens is 2. The van der Waals surface area contributed by atoms with Gasteiger partial charge in [-0.3, -0.25) is 4.68 Å². The highest BCUT2D eigenvalue weighted by Gasteiger charge is 2.36. The fourth-order valence-electron chi connectivity index (χ4n) is 1.30. The third kappa shape index (κ3) is 0.743. The van der Waals surface area contributed by atoms with Gasteiger partial charge in [-0.15, -0.1) is 0 Å². The van der Waals surface area contributed by atoms with Gasteiger partial charge in [-0.05, 0) is 12.5 Å². The third-order valence-corrected chi connectivity index (χ3v) is 2.08. The van der Waals surface area contributed by atoms with E-state index < -0.39 is 0 Å². The standard InChI is InChI=1S/C7H11N3/c1-10-7(2-3-9-10)5-4-6(5)8/h2-3,5-6H,4,8H2,1H3/t5-,6-/m1/s1. The van der Waals surface area contributed by atoms with Gasteiger partial charge in [-0.25, -0.2) is 0 Å². The van der Waals surface area contributed by atoms with Gasteiger partial charge in [-0.2, -0.15) is 5.10 Å². The van der Waals surface area contributed by atoms with E-state index in [1.165, 1.54) is 5.69 Å². The molecule has 10 heavy (non-hydrogen) atoms. The van der Waals surface area contributed by atoms with Crippen LogP contribution in [-0.4, -0.2) is 15.8 Å². The van der Waals surface area contributed by atoms with Crippen molar-refractivity contribution in [2.24, 2.45) is 12.8 Å². The van der Waals surface area contributed by atoms with E-state index in [-0.39, 0.29) is 0 Å². The van der Waals surface area contributed by atoms with E-state index >= 15 is 0 Å². The molecule has 2 atom stereocenters. The van der Waals surface area contributed by atoms with Gasteiger partial charge >= 0.3 is 0 Å². The molecule has 1 aliphatic rings. The van der Waals surface area contributed by atoms with Crippen molar-refractivity contribution in [1.29, 1.82) is 0 Å². The van der Waals surface area contributed by atoms with Crippen molar-refractivity contribution in [2.75, 3.05) is 0 Å². The van der Waals surface area contributed by atoms with Crippen LogP contribution in [0.5, 0.6) is 0 Å². The van der Waals surface area contributed by atoms with E-state index in [2.05, 4.69) is 5.10 Å². The summed E-state index contributed by atoms with van der Waals surface area (Å²) >= 11 is 0. The highest BCUT2D eigenvalue weighted by Crippen LogP contribution is 2.38. The molecule has 0 amide bonds. The lowest BCUT2D eigenvalue weighted by Gasteiger charge is -1.96. The largest absolute Gasteiger partial charge is 0.327 e. The number of rotatable bonds is 1. The van der Waals surface area contributed by atoms with Crippen LogP contribution in [0.3, 0.4) is 0 Å². The van der Waals surface area contributed by atoms with Crippen molar-refractivity contribution in [2.45, 2.75) is 18.4 Å². The molecular formula is C7H11N3. The summed E-state index contributed by atoms with van der Waals surface area (Å²) in [6, 6.07) is 2.42. The average molecular weight is 137 g/mol. The number of aryl methyl sites for hydroxylation is 1. The van der Waals surface area contributed by atoms with Crippen LogP contribution in [0.25, 0.3) is 0 Å². The van der Waals surface area contributed by atoms with Crippen molar-refractivity contribution < 1.29 is 0 Å². The summed E-state index contributed by atoms with van der Waals surface area (Å²) in [7, 11) is 1.96. The Kier molecular flexibility index (Phi) is 1.08. The second-order valence-electron chi connectivity index (χ2n) is 2.89. The maximum atomic E-state index is 5.69. The minimum Gasteiger partial charge on any atom is -0.327 e. The SMILES string of the molecule is Cn1nccc1[C@@H]1C[C@H]1N. The van der Waals surface area contributed by atoms with Crippen molar-refractivity contribution in [3.8, 4) is 0 Å². The summed E-state index contributed by atoms with van der Waals surface area (Å²) in [6.45, 7) is 0.